The van der Waals surface area contributed by atoms with Gasteiger partial charge >= 0.3 is 6.03 Å². The highest BCUT2D eigenvalue weighted by Crippen LogP contribution is 2.03. The predicted octanol–water partition coefficient (Wildman–Crippen LogP) is 1.39. The van der Waals surface area contributed by atoms with E-state index in [2.05, 4.69) is 29.8 Å². The molecule has 5 nitrogen and oxygen atoms in total. The van der Waals surface area contributed by atoms with Crippen LogP contribution in [0.1, 0.15) is 46.5 Å². The fraction of sp³-hybridized carbons (Fsp3) is 0.833. The second-order valence-corrected chi connectivity index (χ2v) is 4.35. The monoisotopic (exact) mass is 243 g/mol. The number of carbonyl (C=O) groups excluding carboxylic acids is 2. The van der Waals surface area contributed by atoms with Crippen LogP contribution in [0.5, 0.6) is 0 Å². The van der Waals surface area contributed by atoms with Crippen LogP contribution in [0, 0.1) is 0 Å². The SMILES string of the molecule is CCCCCC(C)NC(C)C(=O)NC(=O)NC. The summed E-state index contributed by atoms with van der Waals surface area (Å²) in [6.07, 6.45) is 4.62. The summed E-state index contributed by atoms with van der Waals surface area (Å²) in [5, 5.41) is 7.77. The van der Waals surface area contributed by atoms with Gasteiger partial charge in [-0.25, -0.2) is 4.79 Å². The molecule has 2 unspecified atom stereocenters. The molecule has 0 radical (unpaired) electrons. The van der Waals surface area contributed by atoms with Crippen LogP contribution in [0.4, 0.5) is 4.79 Å². The van der Waals surface area contributed by atoms with E-state index in [0.717, 1.165) is 12.8 Å². The molecule has 100 valence electrons. The molecule has 0 fully saturated rings. The van der Waals surface area contributed by atoms with Crippen molar-refractivity contribution in [3.8, 4) is 0 Å². The van der Waals surface area contributed by atoms with Crippen LogP contribution in [0.3, 0.4) is 0 Å². The van der Waals surface area contributed by atoms with Crippen molar-refractivity contribution >= 4 is 11.9 Å². The van der Waals surface area contributed by atoms with Crippen molar-refractivity contribution in [1.29, 1.82) is 0 Å². The van der Waals surface area contributed by atoms with Crippen molar-refractivity contribution in [1.82, 2.24) is 16.0 Å². The Balaban J connectivity index is 3.86. The Labute approximate surface area is 104 Å². The van der Waals surface area contributed by atoms with Crippen molar-refractivity contribution in [3.63, 3.8) is 0 Å². The smallest absolute Gasteiger partial charge is 0.321 e. The molecule has 0 spiro atoms. The molecular formula is C12H25N3O2. The van der Waals surface area contributed by atoms with E-state index in [9.17, 15) is 9.59 Å². The third-order valence-corrected chi connectivity index (χ3v) is 2.63. The highest BCUT2D eigenvalue weighted by molar-refractivity contribution is 5.96. The molecule has 0 aromatic carbocycles. The highest BCUT2D eigenvalue weighted by Gasteiger charge is 2.16. The average molecular weight is 243 g/mol. The lowest BCUT2D eigenvalue weighted by Crippen LogP contribution is -2.49. The number of rotatable bonds is 7. The van der Waals surface area contributed by atoms with Gasteiger partial charge in [-0.3, -0.25) is 10.1 Å². The molecule has 0 aliphatic rings. The molecule has 0 saturated carbocycles. The molecule has 0 rings (SSSR count). The second kappa shape index (κ2) is 8.98. The Morgan fingerprint density at radius 3 is 2.35 bits per heavy atom. The van der Waals surface area contributed by atoms with Crippen LogP contribution in [0.2, 0.25) is 0 Å². The van der Waals surface area contributed by atoms with Crippen LogP contribution < -0.4 is 16.0 Å². The largest absolute Gasteiger partial charge is 0.341 e. The summed E-state index contributed by atoms with van der Waals surface area (Å²) < 4.78 is 0. The van der Waals surface area contributed by atoms with Crippen molar-refractivity contribution in [2.24, 2.45) is 0 Å². The zero-order valence-electron chi connectivity index (χ0n) is 11.3. The van der Waals surface area contributed by atoms with Crippen molar-refractivity contribution in [3.05, 3.63) is 0 Å². The number of nitrogens with one attached hydrogen (secondary N) is 3. The molecule has 0 aliphatic carbocycles. The molecule has 3 amide bonds. The number of hydrogen-bond donors (Lipinski definition) is 3. The van der Waals surface area contributed by atoms with E-state index >= 15 is 0 Å². The van der Waals surface area contributed by atoms with E-state index in [1.165, 1.54) is 19.9 Å². The van der Waals surface area contributed by atoms with Crippen LogP contribution >= 0.6 is 0 Å². The van der Waals surface area contributed by atoms with Gasteiger partial charge in [0, 0.05) is 13.1 Å². The zero-order valence-corrected chi connectivity index (χ0v) is 11.3. The molecule has 5 heteroatoms. The van der Waals surface area contributed by atoms with Gasteiger partial charge in [0.25, 0.3) is 0 Å². The summed E-state index contributed by atoms with van der Waals surface area (Å²) in [6.45, 7) is 5.98. The molecule has 0 heterocycles. The fourth-order valence-corrected chi connectivity index (χ4v) is 1.57. The molecule has 17 heavy (non-hydrogen) atoms. The van der Waals surface area contributed by atoms with Gasteiger partial charge in [-0.15, -0.1) is 0 Å². The van der Waals surface area contributed by atoms with Crippen molar-refractivity contribution in [2.75, 3.05) is 7.05 Å². The standard InChI is InChI=1S/C12H25N3O2/c1-5-6-7-8-9(2)14-10(3)11(16)15-12(17)13-4/h9-10,14H,5-8H2,1-4H3,(H2,13,15,16,17). The Morgan fingerprint density at radius 2 is 1.82 bits per heavy atom. The number of imide groups is 1. The van der Waals surface area contributed by atoms with E-state index in [0.29, 0.717) is 0 Å². The van der Waals surface area contributed by atoms with E-state index in [-0.39, 0.29) is 18.0 Å². The van der Waals surface area contributed by atoms with Crippen LogP contribution in [0.15, 0.2) is 0 Å². The van der Waals surface area contributed by atoms with Crippen LogP contribution in [-0.4, -0.2) is 31.1 Å². The van der Waals surface area contributed by atoms with Gasteiger partial charge in [-0.1, -0.05) is 26.2 Å². The van der Waals surface area contributed by atoms with Gasteiger partial charge in [0.2, 0.25) is 5.91 Å². The van der Waals surface area contributed by atoms with Crippen LogP contribution in [0.25, 0.3) is 0 Å². The molecule has 2 atom stereocenters. The maximum Gasteiger partial charge on any atom is 0.321 e. The molecule has 0 saturated heterocycles. The number of urea groups is 1. The molecular weight excluding hydrogens is 218 g/mol. The maximum absolute atomic E-state index is 11.5. The topological polar surface area (TPSA) is 70.2 Å². The Hall–Kier alpha value is -1.10. The van der Waals surface area contributed by atoms with Crippen molar-refractivity contribution in [2.45, 2.75) is 58.5 Å². The van der Waals surface area contributed by atoms with E-state index in [1.54, 1.807) is 6.92 Å². The minimum absolute atomic E-state index is 0.284. The predicted molar refractivity (Wildman–Crippen MR) is 68.8 cm³/mol. The zero-order chi connectivity index (χ0) is 13.3. The number of unbranched alkanes of at least 4 members (excludes halogenated alkanes) is 2. The molecule has 0 aromatic rings. The van der Waals surface area contributed by atoms with Gasteiger partial charge < -0.3 is 10.6 Å². The first-order valence-electron chi connectivity index (χ1n) is 6.29. The van der Waals surface area contributed by atoms with Gasteiger partial charge in [0.15, 0.2) is 0 Å². The summed E-state index contributed by atoms with van der Waals surface area (Å²) >= 11 is 0. The molecule has 3 N–H and O–H groups in total. The molecule has 0 aliphatic heterocycles. The summed E-state index contributed by atoms with van der Waals surface area (Å²) in [4.78, 5) is 22.5. The minimum Gasteiger partial charge on any atom is -0.341 e. The normalized spacial score (nSPS) is 13.9. The summed E-state index contributed by atoms with van der Waals surface area (Å²) in [6, 6.07) is -0.543. The van der Waals surface area contributed by atoms with E-state index in [4.69, 9.17) is 0 Å². The van der Waals surface area contributed by atoms with E-state index < -0.39 is 6.03 Å². The Kier molecular flexibility index (Phi) is 8.40. The number of amides is 3. The van der Waals surface area contributed by atoms with Gasteiger partial charge in [-0.05, 0) is 20.3 Å². The lowest BCUT2D eigenvalue weighted by molar-refractivity contribution is -0.121. The second-order valence-electron chi connectivity index (χ2n) is 4.35. The molecule has 0 aromatic heterocycles. The first-order valence-corrected chi connectivity index (χ1v) is 6.29. The van der Waals surface area contributed by atoms with Gasteiger partial charge in [0.05, 0.1) is 6.04 Å². The van der Waals surface area contributed by atoms with Gasteiger partial charge in [0.1, 0.15) is 0 Å². The first kappa shape index (κ1) is 15.9. The summed E-state index contributed by atoms with van der Waals surface area (Å²) in [5.41, 5.74) is 0. The van der Waals surface area contributed by atoms with Gasteiger partial charge in [-0.2, -0.15) is 0 Å². The maximum atomic E-state index is 11.5. The van der Waals surface area contributed by atoms with Crippen LogP contribution in [-0.2, 0) is 4.79 Å². The quantitative estimate of drug-likeness (QED) is 0.592. The first-order chi connectivity index (χ1) is 8.01. The van der Waals surface area contributed by atoms with E-state index in [1.807, 2.05) is 0 Å². The Morgan fingerprint density at radius 1 is 1.18 bits per heavy atom. The molecule has 0 bridgehead atoms. The average Bonchev–Trinajstić information content (AvgIpc) is 2.28. The number of hydrogen-bond acceptors (Lipinski definition) is 3. The minimum atomic E-state index is -0.470. The third-order valence-electron chi connectivity index (χ3n) is 2.63. The third kappa shape index (κ3) is 7.74. The Bertz CT molecular complexity index is 244. The highest BCUT2D eigenvalue weighted by atomic mass is 16.2. The summed E-state index contributed by atoms with van der Waals surface area (Å²) in [5.74, 6) is -0.299. The fourth-order valence-electron chi connectivity index (χ4n) is 1.57. The summed E-state index contributed by atoms with van der Waals surface area (Å²) in [7, 11) is 1.48. The van der Waals surface area contributed by atoms with Crippen molar-refractivity contribution < 1.29 is 9.59 Å². The lowest BCUT2D eigenvalue weighted by Gasteiger charge is -2.19. The lowest BCUT2D eigenvalue weighted by atomic mass is 10.1. The number of carbonyl (C=O) groups is 2.